The second-order valence-corrected chi connectivity index (χ2v) is 6.54. The van der Waals surface area contributed by atoms with Crippen LogP contribution in [-0.2, 0) is 4.74 Å². The summed E-state index contributed by atoms with van der Waals surface area (Å²) in [5, 5.41) is 0. The first-order valence-electron chi connectivity index (χ1n) is 6.22. The lowest BCUT2D eigenvalue weighted by Crippen LogP contribution is -2.28. The van der Waals surface area contributed by atoms with Crippen LogP contribution in [0.15, 0.2) is 16.6 Å². The average molecular weight is 394 g/mol. The maximum Gasteiger partial charge on any atom is 0.141 e. The van der Waals surface area contributed by atoms with Crippen LogP contribution in [0.3, 0.4) is 0 Å². The van der Waals surface area contributed by atoms with Crippen molar-refractivity contribution < 1.29 is 14.2 Å². The third-order valence-corrected chi connectivity index (χ3v) is 5.79. The molecule has 1 fully saturated rings. The Bertz CT molecular complexity index is 456. The second kappa shape index (κ2) is 6.02. The number of ether oxygens (including phenoxy) is 3. The highest BCUT2D eigenvalue weighted by Gasteiger charge is 2.39. The summed E-state index contributed by atoms with van der Waals surface area (Å²) in [5.74, 6) is 1.55. The van der Waals surface area contributed by atoms with Gasteiger partial charge in [0.2, 0.25) is 0 Å². The largest absolute Gasteiger partial charge is 0.495 e. The zero-order valence-corrected chi connectivity index (χ0v) is 14.5. The van der Waals surface area contributed by atoms with Crippen LogP contribution in [0.5, 0.6) is 11.5 Å². The normalized spacial score (nSPS) is 24.3. The number of methoxy groups -OCH3 is 2. The molecule has 5 heteroatoms. The van der Waals surface area contributed by atoms with Gasteiger partial charge in [0, 0.05) is 12.2 Å². The number of alkyl halides is 1. The molecule has 1 aromatic carbocycles. The minimum Gasteiger partial charge on any atom is -0.495 e. The van der Waals surface area contributed by atoms with Crippen LogP contribution in [0.4, 0.5) is 0 Å². The third kappa shape index (κ3) is 2.78. The van der Waals surface area contributed by atoms with Crippen LogP contribution >= 0.6 is 31.9 Å². The fourth-order valence-corrected chi connectivity index (χ4v) is 3.85. The Morgan fingerprint density at radius 2 is 2.05 bits per heavy atom. The van der Waals surface area contributed by atoms with Gasteiger partial charge in [-0.15, -0.1) is 0 Å². The summed E-state index contributed by atoms with van der Waals surface area (Å²) in [7, 11) is 3.31. The van der Waals surface area contributed by atoms with Gasteiger partial charge in [0.15, 0.2) is 0 Å². The van der Waals surface area contributed by atoms with E-state index in [2.05, 4.69) is 38.8 Å². The molecule has 0 bridgehead atoms. The van der Waals surface area contributed by atoms with Crippen molar-refractivity contribution in [3.63, 3.8) is 0 Å². The van der Waals surface area contributed by atoms with Gasteiger partial charge >= 0.3 is 0 Å². The van der Waals surface area contributed by atoms with Crippen molar-refractivity contribution in [3.05, 3.63) is 22.2 Å². The van der Waals surface area contributed by atoms with Gasteiger partial charge in [-0.2, -0.15) is 0 Å². The number of hydrogen-bond donors (Lipinski definition) is 0. The van der Waals surface area contributed by atoms with Crippen LogP contribution < -0.4 is 9.47 Å². The molecule has 0 amide bonds. The lowest BCUT2D eigenvalue weighted by Gasteiger charge is -2.30. The summed E-state index contributed by atoms with van der Waals surface area (Å²) in [6.45, 7) is 2.95. The third-order valence-electron chi connectivity index (χ3n) is 3.57. The molecular weight excluding hydrogens is 376 g/mol. The molecule has 1 aliphatic rings. The van der Waals surface area contributed by atoms with Crippen molar-refractivity contribution in [2.75, 3.05) is 20.8 Å². The molecule has 0 saturated carbocycles. The molecule has 2 unspecified atom stereocenters. The van der Waals surface area contributed by atoms with Crippen molar-refractivity contribution in [2.45, 2.75) is 30.2 Å². The zero-order valence-electron chi connectivity index (χ0n) is 11.3. The van der Waals surface area contributed by atoms with Gasteiger partial charge in [0.1, 0.15) is 16.0 Å². The van der Waals surface area contributed by atoms with Crippen molar-refractivity contribution in [2.24, 2.45) is 0 Å². The van der Waals surface area contributed by atoms with E-state index in [1.807, 2.05) is 12.1 Å². The highest BCUT2D eigenvalue weighted by molar-refractivity contribution is 9.10. The molecule has 1 aromatic rings. The first-order chi connectivity index (χ1) is 9.03. The highest BCUT2D eigenvalue weighted by Crippen LogP contribution is 2.49. The molecule has 106 valence electrons. The summed E-state index contributed by atoms with van der Waals surface area (Å²) in [6, 6.07) is 3.96. The second-order valence-electron chi connectivity index (χ2n) is 4.83. The fourth-order valence-electron chi connectivity index (χ4n) is 2.45. The molecule has 1 aliphatic heterocycles. The number of halogens is 2. The van der Waals surface area contributed by atoms with Crippen LogP contribution in [0.1, 0.15) is 30.2 Å². The molecule has 0 N–H and O–H groups in total. The van der Waals surface area contributed by atoms with E-state index >= 15 is 0 Å². The van der Waals surface area contributed by atoms with Crippen molar-refractivity contribution in [3.8, 4) is 11.5 Å². The van der Waals surface area contributed by atoms with E-state index in [-0.39, 0.29) is 10.4 Å². The van der Waals surface area contributed by atoms with Gasteiger partial charge in [0.05, 0.1) is 24.6 Å². The molecule has 0 aliphatic carbocycles. The minimum atomic E-state index is -0.193. The molecule has 1 saturated heterocycles. The van der Waals surface area contributed by atoms with Gasteiger partial charge in [0.25, 0.3) is 0 Å². The highest BCUT2D eigenvalue weighted by atomic mass is 79.9. The minimum absolute atomic E-state index is 0.0830. The lowest BCUT2D eigenvalue weighted by molar-refractivity contribution is 0.0193. The SMILES string of the molecule is COc1ccc(C(Br)C2(C)CCCO2)c(OC)c1Br. The van der Waals surface area contributed by atoms with Gasteiger partial charge in [-0.3, -0.25) is 0 Å². The van der Waals surface area contributed by atoms with E-state index in [0.717, 1.165) is 41.0 Å². The molecule has 0 aromatic heterocycles. The molecule has 19 heavy (non-hydrogen) atoms. The molecular formula is C14H18Br2O3. The summed E-state index contributed by atoms with van der Waals surface area (Å²) in [6.07, 6.45) is 2.13. The van der Waals surface area contributed by atoms with Gasteiger partial charge in [-0.1, -0.05) is 22.0 Å². The fraction of sp³-hybridized carbons (Fsp3) is 0.571. The van der Waals surface area contributed by atoms with Crippen LogP contribution in [0, 0.1) is 0 Å². The van der Waals surface area contributed by atoms with Crippen molar-refractivity contribution in [1.29, 1.82) is 0 Å². The number of hydrogen-bond acceptors (Lipinski definition) is 3. The van der Waals surface area contributed by atoms with E-state index in [1.165, 1.54) is 0 Å². The molecule has 1 heterocycles. The summed E-state index contributed by atoms with van der Waals surface area (Å²) >= 11 is 7.31. The zero-order chi connectivity index (χ0) is 14.0. The Hall–Kier alpha value is -0.260. The standard InChI is InChI=1S/C14H18Br2O3/c1-14(7-4-8-19-14)13(16)9-5-6-10(17-2)11(15)12(9)18-3/h5-6,13H,4,7-8H2,1-3H3. The predicted molar refractivity (Wildman–Crippen MR) is 82.5 cm³/mol. The Balaban J connectivity index is 2.41. The first-order valence-corrected chi connectivity index (χ1v) is 7.93. The Kier molecular flexibility index (Phi) is 4.79. The molecule has 2 rings (SSSR count). The molecule has 2 atom stereocenters. The van der Waals surface area contributed by atoms with Crippen LogP contribution in [0.25, 0.3) is 0 Å². The maximum atomic E-state index is 5.90. The lowest BCUT2D eigenvalue weighted by atomic mass is 9.93. The quantitative estimate of drug-likeness (QED) is 0.706. The van der Waals surface area contributed by atoms with Crippen LogP contribution in [-0.4, -0.2) is 26.4 Å². The van der Waals surface area contributed by atoms with E-state index in [0.29, 0.717) is 0 Å². The van der Waals surface area contributed by atoms with Gasteiger partial charge in [-0.25, -0.2) is 0 Å². The average Bonchev–Trinajstić information content (AvgIpc) is 2.85. The predicted octanol–water partition coefficient (Wildman–Crippen LogP) is 4.47. The number of benzene rings is 1. The Labute approximate surface area is 130 Å². The summed E-state index contributed by atoms with van der Waals surface area (Å²) in [4.78, 5) is 0.0830. The summed E-state index contributed by atoms with van der Waals surface area (Å²) in [5.41, 5.74) is 0.876. The van der Waals surface area contributed by atoms with E-state index in [9.17, 15) is 0 Å². The van der Waals surface area contributed by atoms with E-state index in [1.54, 1.807) is 14.2 Å². The molecule has 3 nitrogen and oxygen atoms in total. The van der Waals surface area contributed by atoms with Gasteiger partial charge < -0.3 is 14.2 Å². The smallest absolute Gasteiger partial charge is 0.141 e. The maximum absolute atomic E-state index is 5.90. The van der Waals surface area contributed by atoms with Crippen molar-refractivity contribution >= 4 is 31.9 Å². The summed E-state index contributed by atoms with van der Waals surface area (Å²) < 4.78 is 17.6. The Morgan fingerprint density at radius 3 is 2.58 bits per heavy atom. The molecule has 0 spiro atoms. The number of rotatable bonds is 4. The van der Waals surface area contributed by atoms with Gasteiger partial charge in [-0.05, 0) is 41.8 Å². The molecule has 0 radical (unpaired) electrons. The monoisotopic (exact) mass is 392 g/mol. The first kappa shape index (κ1) is 15.1. The van der Waals surface area contributed by atoms with E-state index < -0.39 is 0 Å². The van der Waals surface area contributed by atoms with E-state index in [4.69, 9.17) is 14.2 Å². The van der Waals surface area contributed by atoms with Crippen molar-refractivity contribution in [1.82, 2.24) is 0 Å². The topological polar surface area (TPSA) is 27.7 Å². The Morgan fingerprint density at radius 1 is 1.32 bits per heavy atom. The van der Waals surface area contributed by atoms with Crippen LogP contribution in [0.2, 0.25) is 0 Å².